The molecule has 1 amide bonds. The number of anilines is 2. The Kier molecular flexibility index (Phi) is 6.07. The zero-order valence-corrected chi connectivity index (χ0v) is 20.7. The number of aromatic nitrogens is 3. The monoisotopic (exact) mass is 524 g/mol. The summed E-state index contributed by atoms with van der Waals surface area (Å²) in [6, 6.07) is 5.35. The zero-order chi connectivity index (χ0) is 25.7. The number of carboxylic acid groups (broad SMARTS) is 1. The van der Waals surface area contributed by atoms with Gasteiger partial charge < -0.3 is 25.2 Å². The number of thioether (sulfide) groups is 1. The van der Waals surface area contributed by atoms with E-state index in [0.717, 1.165) is 42.3 Å². The molecule has 3 aromatic heterocycles. The summed E-state index contributed by atoms with van der Waals surface area (Å²) in [5, 5.41) is 15.7. The number of pyridine rings is 3. The Bertz CT molecular complexity index is 1480. The molecule has 0 spiro atoms. The van der Waals surface area contributed by atoms with E-state index in [0.29, 0.717) is 36.9 Å². The molecule has 0 bridgehead atoms. The smallest absolute Gasteiger partial charge is 0.341 e. The van der Waals surface area contributed by atoms with Gasteiger partial charge in [-0.2, -0.15) is 0 Å². The van der Waals surface area contributed by atoms with E-state index >= 15 is 4.39 Å². The molecule has 2 fully saturated rings. The Labute approximate surface area is 215 Å². The summed E-state index contributed by atoms with van der Waals surface area (Å²) in [7, 11) is 0. The maximum atomic E-state index is 15.1. The molecular formula is C25H25FN6O4S. The number of carboxylic acids is 1. The van der Waals surface area contributed by atoms with Crippen molar-refractivity contribution in [3.8, 4) is 0 Å². The summed E-state index contributed by atoms with van der Waals surface area (Å²) >= 11 is 1.48. The van der Waals surface area contributed by atoms with Gasteiger partial charge in [0.1, 0.15) is 17.0 Å². The van der Waals surface area contributed by atoms with Crippen LogP contribution in [0.2, 0.25) is 0 Å². The topological polar surface area (TPSA) is 129 Å². The fourth-order valence-corrected chi connectivity index (χ4v) is 5.65. The standard InChI is InChI=1S/C25H25FN6O4S/c26-18-9-16-21(34)17(25(35)36)11-32(15-2-3-15)23(16)30-24(18)31-7-5-13(6-8-31)27-10-14-1-4-19-22(28-14)29-20(33)12-37-19/h1,4,9,11,13,15,27H,2-3,5-8,10,12H2,(H,35,36)(H,28,29,33). The number of hydrogen-bond acceptors (Lipinski definition) is 8. The van der Waals surface area contributed by atoms with Crippen molar-refractivity contribution in [1.29, 1.82) is 0 Å². The first-order valence-corrected chi connectivity index (χ1v) is 13.3. The van der Waals surface area contributed by atoms with E-state index in [1.165, 1.54) is 18.0 Å². The van der Waals surface area contributed by atoms with Gasteiger partial charge in [-0.3, -0.25) is 9.59 Å². The summed E-state index contributed by atoms with van der Waals surface area (Å²) in [5.41, 5.74) is 0.0897. The minimum atomic E-state index is -1.32. The largest absolute Gasteiger partial charge is 0.477 e. The Morgan fingerprint density at radius 1 is 1.19 bits per heavy atom. The molecule has 3 N–H and O–H groups in total. The number of nitrogens with one attached hydrogen (secondary N) is 2. The van der Waals surface area contributed by atoms with Crippen molar-refractivity contribution in [2.45, 2.75) is 49.2 Å². The van der Waals surface area contributed by atoms with Gasteiger partial charge in [0.15, 0.2) is 11.6 Å². The fraction of sp³-hybridized carbons (Fsp3) is 0.400. The molecule has 0 aromatic carbocycles. The van der Waals surface area contributed by atoms with Gasteiger partial charge in [-0.15, -0.1) is 11.8 Å². The number of amides is 1. The van der Waals surface area contributed by atoms with Crippen molar-refractivity contribution in [3.63, 3.8) is 0 Å². The molecular weight excluding hydrogens is 499 g/mol. The number of halogens is 1. The van der Waals surface area contributed by atoms with Crippen LogP contribution in [0.5, 0.6) is 0 Å². The van der Waals surface area contributed by atoms with Crippen LogP contribution in [0.15, 0.2) is 34.1 Å². The Morgan fingerprint density at radius 3 is 2.70 bits per heavy atom. The molecule has 192 valence electrons. The van der Waals surface area contributed by atoms with Gasteiger partial charge in [0.25, 0.3) is 0 Å². The SMILES string of the molecule is O=C1CSc2ccc(CNC3CCN(c4nc5c(cc4F)c(=O)c(C(=O)O)cn5C4CC4)CC3)nc2N1. The van der Waals surface area contributed by atoms with Gasteiger partial charge in [0.2, 0.25) is 11.3 Å². The van der Waals surface area contributed by atoms with E-state index in [1.54, 1.807) is 4.57 Å². The molecule has 3 aliphatic rings. The molecule has 6 rings (SSSR count). The maximum Gasteiger partial charge on any atom is 0.341 e. The van der Waals surface area contributed by atoms with Gasteiger partial charge in [-0.05, 0) is 43.9 Å². The van der Waals surface area contributed by atoms with Crippen LogP contribution in [-0.4, -0.2) is 56.4 Å². The van der Waals surface area contributed by atoms with Gasteiger partial charge in [-0.25, -0.2) is 19.2 Å². The number of fused-ring (bicyclic) bond motifs is 2. The lowest BCUT2D eigenvalue weighted by molar-refractivity contribution is -0.113. The summed E-state index contributed by atoms with van der Waals surface area (Å²) in [6.07, 6.45) is 4.61. The molecule has 5 heterocycles. The second kappa shape index (κ2) is 9.42. The Hall–Kier alpha value is -3.51. The maximum absolute atomic E-state index is 15.1. The number of aromatic carboxylic acids is 1. The number of nitrogens with zero attached hydrogens (tertiary/aromatic N) is 4. The number of piperidine rings is 1. The first-order chi connectivity index (χ1) is 17.9. The normalized spacial score (nSPS) is 18.1. The quantitative estimate of drug-likeness (QED) is 0.446. The lowest BCUT2D eigenvalue weighted by Crippen LogP contribution is -2.43. The van der Waals surface area contributed by atoms with E-state index < -0.39 is 17.2 Å². The lowest BCUT2D eigenvalue weighted by Gasteiger charge is -2.33. The predicted molar refractivity (Wildman–Crippen MR) is 137 cm³/mol. The summed E-state index contributed by atoms with van der Waals surface area (Å²) in [5.74, 6) is -0.803. The highest BCUT2D eigenvalue weighted by Gasteiger charge is 2.29. The fourth-order valence-electron chi connectivity index (χ4n) is 4.89. The van der Waals surface area contributed by atoms with Crippen molar-refractivity contribution in [1.82, 2.24) is 19.9 Å². The van der Waals surface area contributed by atoms with Crippen molar-refractivity contribution in [3.05, 3.63) is 51.7 Å². The molecule has 37 heavy (non-hydrogen) atoms. The van der Waals surface area contributed by atoms with Crippen molar-refractivity contribution in [2.24, 2.45) is 0 Å². The average Bonchev–Trinajstić information content (AvgIpc) is 3.73. The highest BCUT2D eigenvalue weighted by Crippen LogP contribution is 2.37. The lowest BCUT2D eigenvalue weighted by atomic mass is 10.0. The van der Waals surface area contributed by atoms with Crippen LogP contribution < -0.4 is 21.0 Å². The van der Waals surface area contributed by atoms with Gasteiger partial charge >= 0.3 is 5.97 Å². The third kappa shape index (κ3) is 4.66. The minimum absolute atomic E-state index is 0.00302. The van der Waals surface area contributed by atoms with Crippen LogP contribution >= 0.6 is 11.8 Å². The van der Waals surface area contributed by atoms with E-state index in [-0.39, 0.29) is 34.8 Å². The first-order valence-electron chi connectivity index (χ1n) is 12.3. The molecule has 3 aromatic rings. The van der Waals surface area contributed by atoms with Crippen LogP contribution in [0.1, 0.15) is 47.8 Å². The average molecular weight is 525 g/mol. The van der Waals surface area contributed by atoms with Crippen LogP contribution in [0.3, 0.4) is 0 Å². The van der Waals surface area contributed by atoms with Gasteiger partial charge in [-0.1, -0.05) is 0 Å². The van der Waals surface area contributed by atoms with Crippen molar-refractivity contribution < 1.29 is 19.1 Å². The van der Waals surface area contributed by atoms with E-state index in [4.69, 9.17) is 0 Å². The molecule has 12 heteroatoms. The van der Waals surface area contributed by atoms with Crippen LogP contribution in [0.25, 0.3) is 11.0 Å². The van der Waals surface area contributed by atoms with E-state index in [2.05, 4.69) is 20.6 Å². The summed E-state index contributed by atoms with van der Waals surface area (Å²) in [4.78, 5) is 47.8. The molecule has 2 aliphatic heterocycles. The van der Waals surface area contributed by atoms with Crippen LogP contribution in [-0.2, 0) is 11.3 Å². The number of hydrogen-bond donors (Lipinski definition) is 3. The Morgan fingerprint density at radius 2 is 1.97 bits per heavy atom. The van der Waals surface area contributed by atoms with Gasteiger partial charge in [0.05, 0.1) is 21.7 Å². The van der Waals surface area contributed by atoms with Crippen molar-refractivity contribution in [2.75, 3.05) is 29.1 Å². The first kappa shape index (κ1) is 23.9. The van der Waals surface area contributed by atoms with E-state index in [1.807, 2.05) is 17.0 Å². The van der Waals surface area contributed by atoms with Crippen LogP contribution in [0, 0.1) is 5.82 Å². The van der Waals surface area contributed by atoms with Gasteiger partial charge in [0, 0.05) is 37.9 Å². The summed E-state index contributed by atoms with van der Waals surface area (Å²) < 4.78 is 16.9. The Balaban J connectivity index is 1.16. The number of rotatable bonds is 6. The van der Waals surface area contributed by atoms with Crippen molar-refractivity contribution >= 4 is 46.3 Å². The number of carbonyl (C=O) groups excluding carboxylic acids is 1. The molecule has 0 atom stereocenters. The second-order valence-electron chi connectivity index (χ2n) is 9.61. The molecule has 1 aliphatic carbocycles. The molecule has 0 unspecified atom stereocenters. The van der Waals surface area contributed by atoms with E-state index in [9.17, 15) is 19.5 Å². The third-order valence-electron chi connectivity index (χ3n) is 7.01. The number of carbonyl (C=O) groups is 2. The zero-order valence-electron chi connectivity index (χ0n) is 19.9. The summed E-state index contributed by atoms with van der Waals surface area (Å²) in [6.45, 7) is 1.72. The third-order valence-corrected chi connectivity index (χ3v) is 8.06. The highest BCUT2D eigenvalue weighted by atomic mass is 32.2. The highest BCUT2D eigenvalue weighted by molar-refractivity contribution is 8.00. The molecule has 1 saturated carbocycles. The van der Waals surface area contributed by atoms with Crippen LogP contribution in [0.4, 0.5) is 16.0 Å². The molecule has 1 saturated heterocycles. The molecule has 0 radical (unpaired) electrons. The molecule has 10 nitrogen and oxygen atoms in total. The second-order valence-corrected chi connectivity index (χ2v) is 10.6. The minimum Gasteiger partial charge on any atom is -0.477 e. The predicted octanol–water partition coefficient (Wildman–Crippen LogP) is 2.77.